The quantitative estimate of drug-likeness (QED) is 0.471. The molecule has 0 aromatic rings. The lowest BCUT2D eigenvalue weighted by Gasteiger charge is -1.99. The van der Waals surface area contributed by atoms with Crippen LogP contribution in [-0.2, 0) is 9.53 Å². The third-order valence-electron chi connectivity index (χ3n) is 1.14. The van der Waals surface area contributed by atoms with Gasteiger partial charge in [0.1, 0.15) is 0 Å². The van der Waals surface area contributed by atoms with Gasteiger partial charge in [0, 0.05) is 20.3 Å². The number of allylic oxidation sites excluding steroid dienone is 1. The lowest BCUT2D eigenvalue weighted by atomic mass is 10.4. The largest absolute Gasteiger partial charge is 0.385 e. The average molecular weight is 157 g/mol. The third kappa shape index (κ3) is 7.06. The van der Waals surface area contributed by atoms with Crippen molar-refractivity contribution in [1.29, 1.82) is 0 Å². The Hall–Kier alpha value is -0.830. The van der Waals surface area contributed by atoms with Crippen molar-refractivity contribution in [1.82, 2.24) is 5.32 Å². The highest BCUT2D eigenvalue weighted by atomic mass is 16.5. The van der Waals surface area contributed by atoms with Crippen LogP contribution in [0.5, 0.6) is 0 Å². The van der Waals surface area contributed by atoms with Gasteiger partial charge in [0.2, 0.25) is 5.91 Å². The smallest absolute Gasteiger partial charge is 0.243 e. The molecule has 0 fully saturated rings. The summed E-state index contributed by atoms with van der Waals surface area (Å²) in [5.74, 6) is -0.0383. The minimum Gasteiger partial charge on any atom is -0.385 e. The molecule has 64 valence electrons. The van der Waals surface area contributed by atoms with Gasteiger partial charge in [0.15, 0.2) is 0 Å². The maximum Gasteiger partial charge on any atom is 0.243 e. The zero-order valence-electron chi connectivity index (χ0n) is 7.09. The number of nitrogens with one attached hydrogen (secondary N) is 1. The summed E-state index contributed by atoms with van der Waals surface area (Å²) in [7, 11) is 1.65. The average Bonchev–Trinajstić information content (AvgIpc) is 1.99. The molecule has 0 spiro atoms. The Balaban J connectivity index is 3.17. The SMILES string of the molecule is C/C=C/C(=O)NCCCOC. The van der Waals surface area contributed by atoms with Crippen LogP contribution < -0.4 is 5.32 Å². The van der Waals surface area contributed by atoms with Crippen molar-refractivity contribution < 1.29 is 9.53 Å². The van der Waals surface area contributed by atoms with Crippen LogP contribution in [0.3, 0.4) is 0 Å². The molecule has 1 amide bonds. The topological polar surface area (TPSA) is 38.3 Å². The first-order valence-electron chi connectivity index (χ1n) is 3.70. The zero-order valence-corrected chi connectivity index (χ0v) is 7.09. The minimum atomic E-state index is -0.0383. The zero-order chi connectivity index (χ0) is 8.53. The van der Waals surface area contributed by atoms with Crippen LogP contribution in [-0.4, -0.2) is 26.2 Å². The van der Waals surface area contributed by atoms with Gasteiger partial charge in [-0.1, -0.05) is 6.08 Å². The summed E-state index contributed by atoms with van der Waals surface area (Å²) in [6.45, 7) is 3.18. The second kappa shape index (κ2) is 7.28. The molecule has 0 aromatic heterocycles. The van der Waals surface area contributed by atoms with Crippen molar-refractivity contribution in [2.75, 3.05) is 20.3 Å². The molecule has 0 rings (SSSR count). The molecule has 0 saturated carbocycles. The van der Waals surface area contributed by atoms with Crippen LogP contribution >= 0.6 is 0 Å². The first-order valence-corrected chi connectivity index (χ1v) is 3.70. The minimum absolute atomic E-state index is 0.0383. The number of carbonyl (C=O) groups is 1. The van der Waals surface area contributed by atoms with Crippen molar-refractivity contribution in [3.63, 3.8) is 0 Å². The van der Waals surface area contributed by atoms with Gasteiger partial charge in [-0.2, -0.15) is 0 Å². The van der Waals surface area contributed by atoms with Crippen molar-refractivity contribution >= 4 is 5.91 Å². The molecule has 1 N–H and O–H groups in total. The van der Waals surface area contributed by atoms with E-state index in [1.165, 1.54) is 6.08 Å². The molecule has 0 bridgehead atoms. The molecule has 3 heteroatoms. The van der Waals surface area contributed by atoms with Gasteiger partial charge in [0.05, 0.1) is 0 Å². The van der Waals surface area contributed by atoms with Crippen LogP contribution in [0.15, 0.2) is 12.2 Å². The van der Waals surface area contributed by atoms with Crippen LogP contribution in [0.4, 0.5) is 0 Å². The van der Waals surface area contributed by atoms with Crippen molar-refractivity contribution in [2.24, 2.45) is 0 Å². The second-order valence-electron chi connectivity index (χ2n) is 2.14. The molecular weight excluding hydrogens is 142 g/mol. The maximum atomic E-state index is 10.8. The fourth-order valence-corrected chi connectivity index (χ4v) is 0.638. The van der Waals surface area contributed by atoms with E-state index in [0.717, 1.165) is 6.42 Å². The summed E-state index contributed by atoms with van der Waals surface area (Å²) in [5, 5.41) is 2.71. The van der Waals surface area contributed by atoms with Gasteiger partial charge in [-0.15, -0.1) is 0 Å². The van der Waals surface area contributed by atoms with E-state index < -0.39 is 0 Å². The van der Waals surface area contributed by atoms with E-state index in [9.17, 15) is 4.79 Å². The molecule has 3 nitrogen and oxygen atoms in total. The van der Waals surface area contributed by atoms with E-state index in [0.29, 0.717) is 13.2 Å². The van der Waals surface area contributed by atoms with E-state index >= 15 is 0 Å². The summed E-state index contributed by atoms with van der Waals surface area (Å²) < 4.78 is 4.81. The van der Waals surface area contributed by atoms with E-state index in [4.69, 9.17) is 4.74 Å². The summed E-state index contributed by atoms with van der Waals surface area (Å²) in [6, 6.07) is 0. The number of carbonyl (C=O) groups excluding carboxylic acids is 1. The molecule has 0 aliphatic heterocycles. The summed E-state index contributed by atoms with van der Waals surface area (Å²) >= 11 is 0. The molecule has 0 aromatic carbocycles. The Bertz CT molecular complexity index is 132. The molecule has 0 heterocycles. The maximum absolute atomic E-state index is 10.8. The first-order chi connectivity index (χ1) is 5.31. The van der Waals surface area contributed by atoms with E-state index in [1.807, 2.05) is 6.92 Å². The first kappa shape index (κ1) is 10.2. The second-order valence-corrected chi connectivity index (χ2v) is 2.14. The number of amides is 1. The summed E-state index contributed by atoms with van der Waals surface area (Å²) in [5.41, 5.74) is 0. The Morgan fingerprint density at radius 3 is 2.91 bits per heavy atom. The third-order valence-corrected chi connectivity index (χ3v) is 1.14. The monoisotopic (exact) mass is 157 g/mol. The highest BCUT2D eigenvalue weighted by Crippen LogP contribution is 1.78. The normalized spacial score (nSPS) is 10.4. The number of hydrogen-bond donors (Lipinski definition) is 1. The van der Waals surface area contributed by atoms with Crippen LogP contribution in [0, 0.1) is 0 Å². The Morgan fingerprint density at radius 1 is 1.64 bits per heavy atom. The van der Waals surface area contributed by atoms with E-state index in [-0.39, 0.29) is 5.91 Å². The van der Waals surface area contributed by atoms with Crippen molar-refractivity contribution in [2.45, 2.75) is 13.3 Å². The van der Waals surface area contributed by atoms with Gasteiger partial charge >= 0.3 is 0 Å². The Kier molecular flexibility index (Phi) is 6.73. The number of methoxy groups -OCH3 is 1. The standard InChI is InChI=1S/C8H15NO2/c1-3-5-8(10)9-6-4-7-11-2/h3,5H,4,6-7H2,1-2H3,(H,9,10)/b5-3+. The Morgan fingerprint density at radius 2 is 2.36 bits per heavy atom. The van der Waals surface area contributed by atoms with Crippen LogP contribution in [0.2, 0.25) is 0 Å². The lowest BCUT2D eigenvalue weighted by molar-refractivity contribution is -0.116. The highest BCUT2D eigenvalue weighted by Gasteiger charge is 1.91. The van der Waals surface area contributed by atoms with E-state index in [2.05, 4.69) is 5.32 Å². The molecule has 0 atom stereocenters. The number of rotatable bonds is 5. The molecule has 0 unspecified atom stereocenters. The molecule has 0 aliphatic rings. The summed E-state index contributed by atoms with van der Waals surface area (Å²) in [4.78, 5) is 10.8. The predicted octanol–water partition coefficient (Wildman–Crippen LogP) is 0.715. The van der Waals surface area contributed by atoms with Gasteiger partial charge in [-0.05, 0) is 19.4 Å². The molecular formula is C8H15NO2. The molecule has 11 heavy (non-hydrogen) atoms. The molecule has 0 radical (unpaired) electrons. The van der Waals surface area contributed by atoms with Crippen molar-refractivity contribution in [3.05, 3.63) is 12.2 Å². The summed E-state index contributed by atoms with van der Waals surface area (Å²) in [6.07, 6.45) is 4.08. The van der Waals surface area contributed by atoms with Gasteiger partial charge < -0.3 is 10.1 Å². The van der Waals surface area contributed by atoms with Gasteiger partial charge in [0.25, 0.3) is 0 Å². The Labute approximate surface area is 67.4 Å². The highest BCUT2D eigenvalue weighted by molar-refractivity contribution is 5.87. The van der Waals surface area contributed by atoms with Crippen LogP contribution in [0.25, 0.3) is 0 Å². The lowest BCUT2D eigenvalue weighted by Crippen LogP contribution is -2.22. The fourth-order valence-electron chi connectivity index (χ4n) is 0.638. The molecule has 0 aliphatic carbocycles. The fraction of sp³-hybridized carbons (Fsp3) is 0.625. The van der Waals surface area contributed by atoms with Crippen LogP contribution in [0.1, 0.15) is 13.3 Å². The number of hydrogen-bond acceptors (Lipinski definition) is 2. The van der Waals surface area contributed by atoms with Gasteiger partial charge in [-0.25, -0.2) is 0 Å². The predicted molar refractivity (Wildman–Crippen MR) is 44.3 cm³/mol. The van der Waals surface area contributed by atoms with Gasteiger partial charge in [-0.3, -0.25) is 4.79 Å². The number of ether oxygens (including phenoxy) is 1. The molecule has 0 saturated heterocycles. The van der Waals surface area contributed by atoms with E-state index in [1.54, 1.807) is 13.2 Å². The van der Waals surface area contributed by atoms with Crippen molar-refractivity contribution in [3.8, 4) is 0 Å².